The molecule has 0 saturated carbocycles. The largest absolute Gasteiger partial charge is 0.496 e. The SMILES string of the molecule is COc1ccccc1C(=O)N/N=C(\C)c1ccc2c(c1)Nc1ccccc1S2. The van der Waals surface area contributed by atoms with E-state index in [-0.39, 0.29) is 5.91 Å². The summed E-state index contributed by atoms with van der Waals surface area (Å²) >= 11 is 1.74. The van der Waals surface area contributed by atoms with Gasteiger partial charge in [-0.25, -0.2) is 5.43 Å². The van der Waals surface area contributed by atoms with Crippen LogP contribution in [0.25, 0.3) is 0 Å². The molecule has 140 valence electrons. The Kier molecular flexibility index (Phi) is 5.04. The van der Waals surface area contributed by atoms with Crippen LogP contribution >= 0.6 is 11.8 Å². The standard InChI is InChI=1S/C22H19N3O2S/c1-14(24-25-22(26)16-7-3-5-9-19(16)27-2)15-11-12-21-18(13-15)23-17-8-4-6-10-20(17)28-21/h3-13,23H,1-2H3,(H,25,26)/b24-14+. The lowest BCUT2D eigenvalue weighted by atomic mass is 10.1. The fourth-order valence-electron chi connectivity index (χ4n) is 2.96. The number of nitrogens with one attached hydrogen (secondary N) is 2. The number of fused-ring (bicyclic) bond motifs is 2. The number of nitrogens with zero attached hydrogens (tertiary/aromatic N) is 1. The number of hydrogen-bond donors (Lipinski definition) is 2. The van der Waals surface area contributed by atoms with E-state index in [1.54, 1.807) is 30.0 Å². The molecule has 1 aliphatic heterocycles. The van der Waals surface area contributed by atoms with Crippen LogP contribution < -0.4 is 15.5 Å². The Balaban J connectivity index is 1.53. The molecule has 4 rings (SSSR count). The second-order valence-electron chi connectivity index (χ2n) is 6.27. The summed E-state index contributed by atoms with van der Waals surface area (Å²) in [5.74, 6) is 0.207. The molecular formula is C22H19N3O2S. The van der Waals surface area contributed by atoms with Crippen LogP contribution in [0.1, 0.15) is 22.8 Å². The van der Waals surface area contributed by atoms with Crippen molar-refractivity contribution >= 4 is 34.8 Å². The van der Waals surface area contributed by atoms with Crippen LogP contribution in [-0.4, -0.2) is 18.7 Å². The summed E-state index contributed by atoms with van der Waals surface area (Å²) in [6.45, 7) is 1.87. The highest BCUT2D eigenvalue weighted by Crippen LogP contribution is 2.44. The molecule has 0 bridgehead atoms. The van der Waals surface area contributed by atoms with Crippen molar-refractivity contribution in [2.75, 3.05) is 12.4 Å². The van der Waals surface area contributed by atoms with E-state index in [4.69, 9.17) is 4.74 Å². The predicted molar refractivity (Wildman–Crippen MR) is 113 cm³/mol. The Bertz CT molecular complexity index is 1080. The van der Waals surface area contributed by atoms with E-state index < -0.39 is 0 Å². The number of para-hydroxylation sites is 2. The fourth-order valence-corrected chi connectivity index (χ4v) is 3.92. The van der Waals surface area contributed by atoms with Gasteiger partial charge < -0.3 is 10.1 Å². The third-order valence-electron chi connectivity index (χ3n) is 4.45. The minimum Gasteiger partial charge on any atom is -0.496 e. The van der Waals surface area contributed by atoms with Gasteiger partial charge in [-0.05, 0) is 48.9 Å². The van der Waals surface area contributed by atoms with Crippen LogP contribution in [0.5, 0.6) is 5.75 Å². The normalized spacial score (nSPS) is 12.4. The first-order valence-corrected chi connectivity index (χ1v) is 9.63. The third kappa shape index (κ3) is 3.59. The number of hydrazone groups is 1. The van der Waals surface area contributed by atoms with Crippen LogP contribution in [0.4, 0.5) is 11.4 Å². The smallest absolute Gasteiger partial charge is 0.275 e. The van der Waals surface area contributed by atoms with E-state index in [2.05, 4.69) is 34.0 Å². The highest BCUT2D eigenvalue weighted by Gasteiger charge is 2.16. The Morgan fingerprint density at radius 2 is 1.75 bits per heavy atom. The van der Waals surface area contributed by atoms with Crippen molar-refractivity contribution in [3.63, 3.8) is 0 Å². The summed E-state index contributed by atoms with van der Waals surface area (Å²) in [5, 5.41) is 7.73. The molecule has 3 aromatic rings. The van der Waals surface area contributed by atoms with Gasteiger partial charge >= 0.3 is 0 Å². The lowest BCUT2D eigenvalue weighted by molar-refractivity contribution is 0.0952. The van der Waals surface area contributed by atoms with Gasteiger partial charge in [-0.3, -0.25) is 4.79 Å². The molecule has 0 atom stereocenters. The van der Waals surface area contributed by atoms with E-state index in [1.165, 1.54) is 12.0 Å². The Hall–Kier alpha value is -3.25. The molecular weight excluding hydrogens is 370 g/mol. The highest BCUT2D eigenvalue weighted by molar-refractivity contribution is 7.99. The van der Waals surface area contributed by atoms with Crippen molar-refractivity contribution in [2.45, 2.75) is 16.7 Å². The van der Waals surface area contributed by atoms with Gasteiger partial charge in [-0.2, -0.15) is 5.10 Å². The van der Waals surface area contributed by atoms with Crippen LogP contribution in [0, 0.1) is 0 Å². The maximum Gasteiger partial charge on any atom is 0.275 e. The summed E-state index contributed by atoms with van der Waals surface area (Å²) in [7, 11) is 1.54. The minimum absolute atomic E-state index is 0.308. The summed E-state index contributed by atoms with van der Waals surface area (Å²) in [6.07, 6.45) is 0. The summed E-state index contributed by atoms with van der Waals surface area (Å²) in [5.41, 5.74) is 6.84. The van der Waals surface area contributed by atoms with Crippen molar-refractivity contribution < 1.29 is 9.53 Å². The van der Waals surface area contributed by atoms with E-state index in [1.807, 2.05) is 37.3 Å². The molecule has 0 aromatic heterocycles. The van der Waals surface area contributed by atoms with Gasteiger partial charge in [0.15, 0.2) is 0 Å². The first-order chi connectivity index (χ1) is 13.7. The first kappa shape index (κ1) is 18.1. The van der Waals surface area contributed by atoms with Crippen molar-refractivity contribution in [2.24, 2.45) is 5.10 Å². The second-order valence-corrected chi connectivity index (χ2v) is 7.36. The molecule has 28 heavy (non-hydrogen) atoms. The van der Waals surface area contributed by atoms with Gasteiger partial charge in [-0.15, -0.1) is 0 Å². The average molecular weight is 389 g/mol. The molecule has 6 heteroatoms. The number of amides is 1. The van der Waals surface area contributed by atoms with Crippen LogP contribution in [0.15, 0.2) is 81.6 Å². The Labute approximate surface area is 167 Å². The monoisotopic (exact) mass is 389 g/mol. The van der Waals surface area contributed by atoms with Gasteiger partial charge in [0, 0.05) is 9.79 Å². The van der Waals surface area contributed by atoms with Crippen molar-refractivity contribution in [3.8, 4) is 5.75 Å². The lowest BCUT2D eigenvalue weighted by Gasteiger charge is -2.21. The molecule has 1 heterocycles. The Morgan fingerprint density at radius 3 is 2.61 bits per heavy atom. The molecule has 2 N–H and O–H groups in total. The molecule has 0 unspecified atom stereocenters. The summed E-state index contributed by atoms with van der Waals surface area (Å²) < 4.78 is 5.23. The topological polar surface area (TPSA) is 62.7 Å². The summed E-state index contributed by atoms with van der Waals surface area (Å²) in [4.78, 5) is 14.8. The van der Waals surface area contributed by atoms with Crippen LogP contribution in [0.3, 0.4) is 0 Å². The lowest BCUT2D eigenvalue weighted by Crippen LogP contribution is -2.20. The number of hydrogen-bond acceptors (Lipinski definition) is 5. The third-order valence-corrected chi connectivity index (χ3v) is 5.60. The van der Waals surface area contributed by atoms with Crippen molar-refractivity contribution in [3.05, 3.63) is 77.9 Å². The van der Waals surface area contributed by atoms with Gasteiger partial charge in [-0.1, -0.05) is 42.1 Å². The first-order valence-electron chi connectivity index (χ1n) is 8.81. The molecule has 0 fully saturated rings. The number of carbonyl (C=O) groups excluding carboxylic acids is 1. The minimum atomic E-state index is -0.308. The summed E-state index contributed by atoms with van der Waals surface area (Å²) in [6, 6.07) is 21.4. The zero-order valence-corrected chi connectivity index (χ0v) is 16.3. The number of carbonyl (C=O) groups is 1. The van der Waals surface area contributed by atoms with Crippen molar-refractivity contribution in [1.29, 1.82) is 0 Å². The zero-order chi connectivity index (χ0) is 19.5. The molecule has 0 saturated heterocycles. The van der Waals surface area contributed by atoms with Gasteiger partial charge in [0.05, 0.1) is 29.8 Å². The van der Waals surface area contributed by atoms with Gasteiger partial charge in [0.25, 0.3) is 5.91 Å². The van der Waals surface area contributed by atoms with E-state index in [0.717, 1.165) is 27.5 Å². The molecule has 0 radical (unpaired) electrons. The fraction of sp³-hybridized carbons (Fsp3) is 0.0909. The Morgan fingerprint density at radius 1 is 1.00 bits per heavy atom. The second kappa shape index (κ2) is 7.78. The molecule has 1 aliphatic rings. The quantitative estimate of drug-likeness (QED) is 0.378. The van der Waals surface area contributed by atoms with Crippen LogP contribution in [-0.2, 0) is 0 Å². The van der Waals surface area contributed by atoms with Gasteiger partial charge in [0.1, 0.15) is 5.75 Å². The van der Waals surface area contributed by atoms with E-state index in [9.17, 15) is 4.79 Å². The molecule has 0 aliphatic carbocycles. The number of methoxy groups -OCH3 is 1. The van der Waals surface area contributed by atoms with Crippen LogP contribution in [0.2, 0.25) is 0 Å². The number of ether oxygens (including phenoxy) is 1. The molecule has 1 amide bonds. The highest BCUT2D eigenvalue weighted by atomic mass is 32.2. The molecule has 0 spiro atoms. The molecule has 3 aromatic carbocycles. The van der Waals surface area contributed by atoms with E-state index in [0.29, 0.717) is 11.3 Å². The molecule has 5 nitrogen and oxygen atoms in total. The predicted octanol–water partition coefficient (Wildman–Crippen LogP) is 5.06. The maximum absolute atomic E-state index is 12.4. The number of anilines is 2. The number of benzene rings is 3. The average Bonchev–Trinajstić information content (AvgIpc) is 2.75. The zero-order valence-electron chi connectivity index (χ0n) is 15.5. The maximum atomic E-state index is 12.4. The van der Waals surface area contributed by atoms with Gasteiger partial charge in [0.2, 0.25) is 0 Å². The number of rotatable bonds is 4. The van der Waals surface area contributed by atoms with Crippen molar-refractivity contribution in [1.82, 2.24) is 5.43 Å². The van der Waals surface area contributed by atoms with E-state index >= 15 is 0 Å².